The number of aromatic carboxylic acids is 1. The molecule has 0 fully saturated rings. The number of pyridine rings is 1. The summed E-state index contributed by atoms with van der Waals surface area (Å²) < 4.78 is 4.70. The second-order valence-electron chi connectivity index (χ2n) is 7.28. The Labute approximate surface area is 175 Å². The van der Waals surface area contributed by atoms with E-state index < -0.39 is 11.5 Å². The van der Waals surface area contributed by atoms with E-state index in [1.165, 1.54) is 25.6 Å². The lowest BCUT2D eigenvalue weighted by Gasteiger charge is -2.21. The number of amides is 1. The first kappa shape index (κ1) is 22.7. The molecule has 2 aromatic rings. The summed E-state index contributed by atoms with van der Waals surface area (Å²) in [5.41, 5.74) is 1.64. The third kappa shape index (κ3) is 4.89. The number of ether oxygens (including phenoxy) is 1. The van der Waals surface area contributed by atoms with E-state index in [-0.39, 0.29) is 23.4 Å². The van der Waals surface area contributed by atoms with Gasteiger partial charge in [-0.25, -0.2) is 9.59 Å². The molecule has 2 N–H and O–H groups in total. The molecule has 8 nitrogen and oxygen atoms in total. The highest BCUT2D eigenvalue weighted by Gasteiger charge is 2.42. The molecule has 3 rings (SSSR count). The number of hydrogen-bond donors (Lipinski definition) is 2. The quantitative estimate of drug-likeness (QED) is 0.747. The minimum Gasteiger partial charge on any atom is -0.478 e. The van der Waals surface area contributed by atoms with Gasteiger partial charge < -0.3 is 15.2 Å². The first-order chi connectivity index (χ1) is 14.1. The SMILES string of the molecule is COC(=O)c1ccc(C2=NC(C)(C(C)C)C(=O)N2)c(C)c1.O=C(O)c1cccnc1. The van der Waals surface area contributed by atoms with Gasteiger partial charge in [0.05, 0.1) is 18.2 Å². The number of aromatic nitrogens is 1. The monoisotopic (exact) mass is 411 g/mol. The standard InChI is InChI=1S/C16H20N2O3.C6H5NO2/c1-9(2)16(4)15(20)17-13(18-16)12-7-6-11(8-10(12)3)14(19)21-5;8-6(9)5-2-1-3-7-4-5/h6-9H,1-5H3,(H,17,18,20);1-4H,(H,8,9). The van der Waals surface area contributed by atoms with Gasteiger partial charge in [0.25, 0.3) is 5.91 Å². The van der Waals surface area contributed by atoms with Crippen molar-refractivity contribution in [3.05, 3.63) is 65.0 Å². The average molecular weight is 411 g/mol. The van der Waals surface area contributed by atoms with Gasteiger partial charge in [0.2, 0.25) is 0 Å². The van der Waals surface area contributed by atoms with E-state index in [4.69, 9.17) is 9.84 Å². The summed E-state index contributed by atoms with van der Waals surface area (Å²) in [7, 11) is 1.35. The summed E-state index contributed by atoms with van der Waals surface area (Å²) in [6.07, 6.45) is 2.84. The molecule has 0 saturated heterocycles. The first-order valence-corrected chi connectivity index (χ1v) is 9.34. The van der Waals surface area contributed by atoms with Gasteiger partial charge in [0.15, 0.2) is 0 Å². The molecule has 0 saturated carbocycles. The highest BCUT2D eigenvalue weighted by atomic mass is 16.5. The molecule has 0 bridgehead atoms. The Balaban J connectivity index is 0.000000297. The van der Waals surface area contributed by atoms with Crippen molar-refractivity contribution in [1.82, 2.24) is 10.3 Å². The molecule has 1 aromatic heterocycles. The van der Waals surface area contributed by atoms with Crippen molar-refractivity contribution in [3.63, 3.8) is 0 Å². The average Bonchev–Trinajstić information content (AvgIpc) is 3.04. The van der Waals surface area contributed by atoms with E-state index in [1.54, 1.807) is 24.3 Å². The molecule has 0 spiro atoms. The predicted octanol–water partition coefficient (Wildman–Crippen LogP) is 2.85. The van der Waals surface area contributed by atoms with E-state index >= 15 is 0 Å². The number of aryl methyl sites for hydroxylation is 1. The van der Waals surface area contributed by atoms with Gasteiger partial charge in [-0.15, -0.1) is 0 Å². The molecule has 8 heteroatoms. The van der Waals surface area contributed by atoms with Crippen LogP contribution in [0.15, 0.2) is 47.7 Å². The molecule has 1 amide bonds. The summed E-state index contributed by atoms with van der Waals surface area (Å²) in [4.78, 5) is 42.0. The fourth-order valence-electron chi connectivity index (χ4n) is 2.73. The lowest BCUT2D eigenvalue weighted by Crippen LogP contribution is -2.41. The van der Waals surface area contributed by atoms with Crippen LogP contribution in [0, 0.1) is 12.8 Å². The van der Waals surface area contributed by atoms with Crippen molar-refractivity contribution in [3.8, 4) is 0 Å². The van der Waals surface area contributed by atoms with E-state index in [1.807, 2.05) is 27.7 Å². The first-order valence-electron chi connectivity index (χ1n) is 9.34. The maximum Gasteiger partial charge on any atom is 0.337 e. The Hall–Kier alpha value is -3.55. The predicted molar refractivity (Wildman–Crippen MR) is 112 cm³/mol. The summed E-state index contributed by atoms with van der Waals surface area (Å²) in [6.45, 7) is 7.65. The van der Waals surface area contributed by atoms with Crippen LogP contribution in [0.25, 0.3) is 0 Å². The summed E-state index contributed by atoms with van der Waals surface area (Å²) in [5.74, 6) is -0.754. The van der Waals surface area contributed by atoms with Gasteiger partial charge in [-0.05, 0) is 49.6 Å². The van der Waals surface area contributed by atoms with Gasteiger partial charge in [-0.2, -0.15) is 0 Å². The number of carboxylic acids is 1. The van der Waals surface area contributed by atoms with Crippen LogP contribution in [0.5, 0.6) is 0 Å². The number of methoxy groups -OCH3 is 1. The lowest BCUT2D eigenvalue weighted by atomic mass is 9.89. The summed E-state index contributed by atoms with van der Waals surface area (Å²) in [5, 5.41) is 11.2. The molecule has 1 aliphatic heterocycles. The van der Waals surface area contributed by atoms with Crippen molar-refractivity contribution >= 4 is 23.7 Å². The van der Waals surface area contributed by atoms with Crippen LogP contribution in [0.1, 0.15) is 52.6 Å². The Morgan fingerprint density at radius 1 is 1.20 bits per heavy atom. The van der Waals surface area contributed by atoms with Crippen LogP contribution in [-0.2, 0) is 9.53 Å². The van der Waals surface area contributed by atoms with Crippen LogP contribution >= 0.6 is 0 Å². The molecular weight excluding hydrogens is 386 g/mol. The number of amidine groups is 1. The molecule has 0 radical (unpaired) electrons. The van der Waals surface area contributed by atoms with Gasteiger partial charge in [0.1, 0.15) is 11.4 Å². The van der Waals surface area contributed by atoms with Crippen LogP contribution in [-0.4, -0.2) is 46.4 Å². The fraction of sp³-hybridized carbons (Fsp3) is 0.318. The molecule has 30 heavy (non-hydrogen) atoms. The van der Waals surface area contributed by atoms with Crippen LogP contribution in [0.2, 0.25) is 0 Å². The number of carbonyl (C=O) groups excluding carboxylic acids is 2. The molecule has 1 unspecified atom stereocenters. The molecule has 0 aliphatic carbocycles. The maximum absolute atomic E-state index is 12.2. The van der Waals surface area contributed by atoms with E-state index in [0.717, 1.165) is 11.1 Å². The minimum atomic E-state index is -0.942. The number of rotatable bonds is 4. The zero-order valence-electron chi connectivity index (χ0n) is 17.6. The number of aliphatic imine (C=N–C) groups is 1. The van der Waals surface area contributed by atoms with Gasteiger partial charge in [-0.3, -0.25) is 14.8 Å². The van der Waals surface area contributed by atoms with Crippen molar-refractivity contribution in [1.29, 1.82) is 0 Å². The Bertz CT molecular complexity index is 986. The number of carbonyl (C=O) groups is 3. The number of esters is 1. The normalized spacial score (nSPS) is 17.5. The Morgan fingerprint density at radius 3 is 2.33 bits per heavy atom. The summed E-state index contributed by atoms with van der Waals surface area (Å²) in [6, 6.07) is 8.28. The summed E-state index contributed by atoms with van der Waals surface area (Å²) >= 11 is 0. The van der Waals surface area contributed by atoms with E-state index in [2.05, 4.69) is 15.3 Å². The molecule has 1 aromatic carbocycles. The lowest BCUT2D eigenvalue weighted by molar-refractivity contribution is -0.124. The van der Waals surface area contributed by atoms with Crippen LogP contribution in [0.4, 0.5) is 0 Å². The van der Waals surface area contributed by atoms with Crippen LogP contribution in [0.3, 0.4) is 0 Å². The van der Waals surface area contributed by atoms with Crippen molar-refractivity contribution < 1.29 is 24.2 Å². The zero-order valence-corrected chi connectivity index (χ0v) is 17.6. The van der Waals surface area contributed by atoms with Crippen molar-refractivity contribution in [2.75, 3.05) is 7.11 Å². The van der Waals surface area contributed by atoms with Gasteiger partial charge in [0, 0.05) is 18.0 Å². The molecule has 2 heterocycles. The van der Waals surface area contributed by atoms with E-state index in [9.17, 15) is 14.4 Å². The fourth-order valence-corrected chi connectivity index (χ4v) is 2.73. The maximum atomic E-state index is 12.2. The number of carboxylic acid groups (broad SMARTS) is 1. The smallest absolute Gasteiger partial charge is 0.337 e. The number of nitrogens with one attached hydrogen (secondary N) is 1. The second-order valence-corrected chi connectivity index (χ2v) is 7.28. The molecular formula is C22H25N3O5. The zero-order chi connectivity index (χ0) is 22.5. The minimum absolute atomic E-state index is 0.0936. The van der Waals surface area contributed by atoms with Crippen molar-refractivity contribution in [2.45, 2.75) is 33.2 Å². The van der Waals surface area contributed by atoms with Crippen LogP contribution < -0.4 is 5.32 Å². The number of nitrogens with zero attached hydrogens (tertiary/aromatic N) is 2. The van der Waals surface area contributed by atoms with Gasteiger partial charge in [-0.1, -0.05) is 19.9 Å². The molecule has 158 valence electrons. The second kappa shape index (κ2) is 9.30. The third-order valence-corrected chi connectivity index (χ3v) is 4.97. The number of hydrogen-bond acceptors (Lipinski definition) is 6. The Morgan fingerprint density at radius 2 is 1.90 bits per heavy atom. The Kier molecular flexibility index (Phi) is 7.05. The molecule has 1 aliphatic rings. The largest absolute Gasteiger partial charge is 0.478 e. The topological polar surface area (TPSA) is 118 Å². The van der Waals surface area contributed by atoms with E-state index in [0.29, 0.717) is 11.4 Å². The van der Waals surface area contributed by atoms with Crippen molar-refractivity contribution in [2.24, 2.45) is 10.9 Å². The number of benzene rings is 1. The highest BCUT2D eigenvalue weighted by Crippen LogP contribution is 2.27. The highest BCUT2D eigenvalue weighted by molar-refractivity contribution is 6.16. The third-order valence-electron chi connectivity index (χ3n) is 4.97. The molecule has 1 atom stereocenters. The van der Waals surface area contributed by atoms with Gasteiger partial charge >= 0.3 is 11.9 Å².